The lowest BCUT2D eigenvalue weighted by atomic mass is 10.1. The molecule has 3 amide bonds. The van der Waals surface area contributed by atoms with Crippen LogP contribution in [0.5, 0.6) is 0 Å². The minimum absolute atomic E-state index is 0.0827. The Hall–Kier alpha value is -3.22. The number of piperidine rings is 1. The number of amides is 3. The van der Waals surface area contributed by atoms with Crippen LogP contribution in [0.15, 0.2) is 48.5 Å². The van der Waals surface area contributed by atoms with Crippen molar-refractivity contribution in [3.8, 4) is 0 Å². The van der Waals surface area contributed by atoms with Crippen molar-refractivity contribution in [3.05, 3.63) is 48.5 Å². The molecule has 3 rings (SSSR count). The minimum Gasteiger partial charge on any atom is -0.375 e. The van der Waals surface area contributed by atoms with Gasteiger partial charge >= 0.3 is 6.03 Å². The second-order valence-corrected chi connectivity index (χ2v) is 8.44. The average molecular weight is 438 g/mol. The highest BCUT2D eigenvalue weighted by atomic mass is 16.2. The zero-order valence-corrected chi connectivity index (χ0v) is 19.4. The van der Waals surface area contributed by atoms with Gasteiger partial charge in [-0.25, -0.2) is 4.79 Å². The number of carbonyl (C=O) groups is 2. The van der Waals surface area contributed by atoms with Crippen molar-refractivity contribution in [1.29, 1.82) is 0 Å². The van der Waals surface area contributed by atoms with Crippen LogP contribution in [0.4, 0.5) is 27.5 Å². The summed E-state index contributed by atoms with van der Waals surface area (Å²) in [7, 11) is 3.84. The Bertz CT molecular complexity index is 876. The normalized spacial score (nSPS) is 13.4. The lowest BCUT2D eigenvalue weighted by Gasteiger charge is -2.28. The Labute approximate surface area is 191 Å². The molecule has 0 spiro atoms. The molecule has 2 aromatic rings. The van der Waals surface area contributed by atoms with E-state index in [2.05, 4.69) is 32.6 Å². The lowest BCUT2D eigenvalue weighted by Crippen LogP contribution is -2.29. The van der Waals surface area contributed by atoms with Gasteiger partial charge in [-0.15, -0.1) is 0 Å². The molecule has 7 nitrogen and oxygen atoms in total. The average Bonchev–Trinajstić information content (AvgIpc) is 2.80. The molecule has 1 aliphatic rings. The summed E-state index contributed by atoms with van der Waals surface area (Å²) in [5.41, 5.74) is 3.79. The number of nitrogens with one attached hydrogen (secondary N) is 2. The Morgan fingerprint density at radius 3 is 1.97 bits per heavy atom. The Kier molecular flexibility index (Phi) is 8.36. The highest BCUT2D eigenvalue weighted by Crippen LogP contribution is 2.22. The van der Waals surface area contributed by atoms with Gasteiger partial charge in [0.1, 0.15) is 0 Å². The summed E-state index contributed by atoms with van der Waals surface area (Å²) in [4.78, 5) is 29.9. The fourth-order valence-corrected chi connectivity index (χ4v) is 3.83. The van der Waals surface area contributed by atoms with Crippen molar-refractivity contribution in [2.24, 2.45) is 0 Å². The van der Waals surface area contributed by atoms with Crippen LogP contribution in [0.3, 0.4) is 0 Å². The number of carbonyl (C=O) groups excluding carboxylic acids is 2. The first-order chi connectivity index (χ1) is 15.4. The van der Waals surface area contributed by atoms with Crippen LogP contribution in [0.25, 0.3) is 0 Å². The Morgan fingerprint density at radius 2 is 1.41 bits per heavy atom. The molecule has 0 unspecified atom stereocenters. The van der Waals surface area contributed by atoms with E-state index in [0.717, 1.165) is 49.7 Å². The molecule has 2 N–H and O–H groups in total. The molecule has 1 heterocycles. The number of benzene rings is 2. The van der Waals surface area contributed by atoms with Gasteiger partial charge in [0.05, 0.1) is 0 Å². The third kappa shape index (κ3) is 6.90. The van der Waals surface area contributed by atoms with Crippen LogP contribution < -0.4 is 20.4 Å². The topological polar surface area (TPSA) is 67.9 Å². The molecule has 7 heteroatoms. The van der Waals surface area contributed by atoms with E-state index in [-0.39, 0.29) is 11.9 Å². The molecule has 1 fully saturated rings. The highest BCUT2D eigenvalue weighted by Gasteiger charge is 2.11. The maximum atomic E-state index is 12.4. The fourth-order valence-electron chi connectivity index (χ4n) is 3.83. The number of hydrogen-bond acceptors (Lipinski definition) is 4. The van der Waals surface area contributed by atoms with Crippen molar-refractivity contribution in [2.75, 3.05) is 60.7 Å². The van der Waals surface area contributed by atoms with Crippen molar-refractivity contribution in [2.45, 2.75) is 32.6 Å². The maximum Gasteiger partial charge on any atom is 0.323 e. The third-order valence-electron chi connectivity index (χ3n) is 5.94. The molecule has 2 aromatic carbocycles. The smallest absolute Gasteiger partial charge is 0.323 e. The Balaban J connectivity index is 1.45. The van der Waals surface area contributed by atoms with E-state index >= 15 is 0 Å². The SMILES string of the molecule is CC(=O)N(C)CCCN(C)c1ccc(NC(=O)Nc2ccc(N3CCCCC3)cc2)cc1. The van der Waals surface area contributed by atoms with E-state index in [9.17, 15) is 9.59 Å². The maximum absolute atomic E-state index is 12.4. The summed E-state index contributed by atoms with van der Waals surface area (Å²) in [6.07, 6.45) is 4.69. The van der Waals surface area contributed by atoms with E-state index in [0.29, 0.717) is 0 Å². The third-order valence-corrected chi connectivity index (χ3v) is 5.94. The van der Waals surface area contributed by atoms with Crippen LogP contribution in [0, 0.1) is 0 Å². The molecule has 32 heavy (non-hydrogen) atoms. The van der Waals surface area contributed by atoms with E-state index in [4.69, 9.17) is 0 Å². The first-order valence-electron chi connectivity index (χ1n) is 11.4. The van der Waals surface area contributed by atoms with Gasteiger partial charge in [-0.2, -0.15) is 0 Å². The number of hydrogen-bond donors (Lipinski definition) is 2. The van der Waals surface area contributed by atoms with Gasteiger partial charge in [0.25, 0.3) is 0 Å². The van der Waals surface area contributed by atoms with E-state index in [1.807, 2.05) is 50.5 Å². The monoisotopic (exact) mass is 437 g/mol. The zero-order valence-electron chi connectivity index (χ0n) is 19.4. The summed E-state index contributed by atoms with van der Waals surface area (Å²) in [5, 5.41) is 5.78. The highest BCUT2D eigenvalue weighted by molar-refractivity contribution is 5.99. The van der Waals surface area contributed by atoms with E-state index in [1.54, 1.807) is 11.8 Å². The van der Waals surface area contributed by atoms with Crippen molar-refractivity contribution < 1.29 is 9.59 Å². The van der Waals surface area contributed by atoms with Crippen molar-refractivity contribution in [1.82, 2.24) is 4.90 Å². The van der Waals surface area contributed by atoms with Crippen LogP contribution in [-0.4, -0.2) is 57.1 Å². The van der Waals surface area contributed by atoms with Gasteiger partial charge in [0.15, 0.2) is 0 Å². The minimum atomic E-state index is -0.260. The molecular formula is C25H35N5O2. The molecule has 0 aromatic heterocycles. The lowest BCUT2D eigenvalue weighted by molar-refractivity contribution is -0.127. The van der Waals surface area contributed by atoms with Crippen LogP contribution in [-0.2, 0) is 4.79 Å². The summed E-state index contributed by atoms with van der Waals surface area (Å²) in [6.45, 7) is 5.37. The first-order valence-corrected chi connectivity index (χ1v) is 11.4. The summed E-state index contributed by atoms with van der Waals surface area (Å²) >= 11 is 0. The first kappa shape index (κ1) is 23.4. The second kappa shape index (κ2) is 11.4. The number of urea groups is 1. The largest absolute Gasteiger partial charge is 0.375 e. The van der Waals surface area contributed by atoms with Crippen molar-refractivity contribution >= 4 is 34.7 Å². The second-order valence-electron chi connectivity index (χ2n) is 8.44. The fraction of sp³-hybridized carbons (Fsp3) is 0.440. The Morgan fingerprint density at radius 1 is 0.844 bits per heavy atom. The van der Waals surface area contributed by atoms with Gasteiger partial charge in [-0.1, -0.05) is 0 Å². The quantitative estimate of drug-likeness (QED) is 0.632. The van der Waals surface area contributed by atoms with E-state index in [1.165, 1.54) is 24.9 Å². The zero-order chi connectivity index (χ0) is 22.9. The standard InChI is InChI=1S/C25H35N5O2/c1-20(31)28(2)16-7-17-29(3)23-12-8-21(9-13-23)26-25(32)27-22-10-14-24(15-11-22)30-18-5-4-6-19-30/h8-15H,4-7,16-19H2,1-3H3,(H2,26,27,32). The van der Waals surface area contributed by atoms with Gasteiger partial charge in [0, 0.05) is 69.9 Å². The number of nitrogens with zero attached hydrogens (tertiary/aromatic N) is 3. The van der Waals surface area contributed by atoms with Crippen LogP contribution >= 0.6 is 0 Å². The summed E-state index contributed by atoms with van der Waals surface area (Å²) in [5.74, 6) is 0.0827. The molecule has 0 aliphatic carbocycles. The molecule has 0 saturated carbocycles. The van der Waals surface area contributed by atoms with Gasteiger partial charge in [-0.05, 0) is 74.2 Å². The number of anilines is 4. The number of rotatable bonds is 8. The molecule has 0 atom stereocenters. The summed E-state index contributed by atoms with van der Waals surface area (Å²) in [6, 6.07) is 15.5. The van der Waals surface area contributed by atoms with Gasteiger partial charge < -0.3 is 25.3 Å². The van der Waals surface area contributed by atoms with E-state index < -0.39 is 0 Å². The predicted octanol–water partition coefficient (Wildman–Crippen LogP) is 4.63. The molecule has 0 radical (unpaired) electrons. The molecule has 172 valence electrons. The van der Waals surface area contributed by atoms with Gasteiger partial charge in [0.2, 0.25) is 5.91 Å². The predicted molar refractivity (Wildman–Crippen MR) is 133 cm³/mol. The summed E-state index contributed by atoms with van der Waals surface area (Å²) < 4.78 is 0. The van der Waals surface area contributed by atoms with Gasteiger partial charge in [-0.3, -0.25) is 4.79 Å². The molecule has 1 saturated heterocycles. The molecular weight excluding hydrogens is 402 g/mol. The van der Waals surface area contributed by atoms with Crippen LogP contribution in [0.2, 0.25) is 0 Å². The van der Waals surface area contributed by atoms with Crippen molar-refractivity contribution in [3.63, 3.8) is 0 Å². The molecule has 0 bridgehead atoms. The van der Waals surface area contributed by atoms with Crippen LogP contribution in [0.1, 0.15) is 32.6 Å². The molecule has 1 aliphatic heterocycles.